The first-order valence-corrected chi connectivity index (χ1v) is 7.22. The molecule has 2 aliphatic heterocycles. The molecule has 108 valence electrons. The van der Waals surface area contributed by atoms with Crippen molar-refractivity contribution >= 4 is 12.4 Å². The molecule has 0 aromatic rings. The van der Waals surface area contributed by atoms with Crippen LogP contribution in [0, 0.1) is 5.41 Å². The standard InChI is InChI=1S/C14H29N3.ClH/c1-14(2,3)5-9-16-8-4-13(12-16)17-10-6-15-7-11-17;/h13,15H,4-12H2,1-3H3;1H. The molecular formula is C14H30ClN3. The highest BCUT2D eigenvalue weighted by molar-refractivity contribution is 5.85. The van der Waals surface area contributed by atoms with Crippen molar-refractivity contribution in [1.82, 2.24) is 15.1 Å². The fourth-order valence-electron chi connectivity index (χ4n) is 2.85. The summed E-state index contributed by atoms with van der Waals surface area (Å²) in [6.07, 6.45) is 2.70. The Morgan fingerprint density at radius 3 is 2.39 bits per heavy atom. The van der Waals surface area contributed by atoms with Crippen molar-refractivity contribution in [2.45, 2.75) is 39.7 Å². The Kier molecular flexibility index (Phi) is 6.39. The maximum atomic E-state index is 3.44. The topological polar surface area (TPSA) is 18.5 Å². The van der Waals surface area contributed by atoms with Crippen LogP contribution in [-0.4, -0.2) is 61.7 Å². The Hall–Kier alpha value is 0.170. The van der Waals surface area contributed by atoms with Crippen molar-refractivity contribution in [3.05, 3.63) is 0 Å². The third kappa shape index (κ3) is 5.04. The van der Waals surface area contributed by atoms with Crippen molar-refractivity contribution in [3.8, 4) is 0 Å². The average molecular weight is 276 g/mol. The molecular weight excluding hydrogens is 246 g/mol. The minimum absolute atomic E-state index is 0. The maximum absolute atomic E-state index is 3.44. The zero-order chi connectivity index (χ0) is 12.3. The van der Waals surface area contributed by atoms with Crippen LogP contribution in [0.25, 0.3) is 0 Å². The lowest BCUT2D eigenvalue weighted by Crippen LogP contribution is -2.49. The first-order valence-electron chi connectivity index (χ1n) is 7.22. The molecule has 2 heterocycles. The van der Waals surface area contributed by atoms with Gasteiger partial charge in [-0.05, 0) is 31.3 Å². The molecule has 0 aliphatic carbocycles. The Morgan fingerprint density at radius 1 is 1.11 bits per heavy atom. The molecule has 0 saturated carbocycles. The zero-order valence-corrected chi connectivity index (χ0v) is 13.1. The summed E-state index contributed by atoms with van der Waals surface area (Å²) < 4.78 is 0. The van der Waals surface area contributed by atoms with Gasteiger partial charge in [0.05, 0.1) is 0 Å². The minimum atomic E-state index is 0. The fourth-order valence-corrected chi connectivity index (χ4v) is 2.85. The maximum Gasteiger partial charge on any atom is 0.0236 e. The number of hydrogen-bond donors (Lipinski definition) is 1. The van der Waals surface area contributed by atoms with Crippen molar-refractivity contribution in [1.29, 1.82) is 0 Å². The summed E-state index contributed by atoms with van der Waals surface area (Å²) in [6, 6.07) is 0.831. The smallest absolute Gasteiger partial charge is 0.0236 e. The molecule has 1 unspecified atom stereocenters. The Balaban J connectivity index is 0.00000162. The molecule has 2 rings (SSSR count). The molecule has 0 radical (unpaired) electrons. The molecule has 2 saturated heterocycles. The van der Waals surface area contributed by atoms with Gasteiger partial charge in [0.25, 0.3) is 0 Å². The van der Waals surface area contributed by atoms with Crippen molar-refractivity contribution < 1.29 is 0 Å². The summed E-state index contributed by atoms with van der Waals surface area (Å²) in [6.45, 7) is 15.8. The lowest BCUT2D eigenvalue weighted by atomic mass is 9.92. The van der Waals surface area contributed by atoms with E-state index in [0.717, 1.165) is 6.04 Å². The van der Waals surface area contributed by atoms with E-state index in [9.17, 15) is 0 Å². The molecule has 2 fully saturated rings. The van der Waals surface area contributed by atoms with Gasteiger partial charge in [0.15, 0.2) is 0 Å². The number of halogens is 1. The van der Waals surface area contributed by atoms with Gasteiger partial charge < -0.3 is 10.2 Å². The van der Waals surface area contributed by atoms with E-state index in [-0.39, 0.29) is 12.4 Å². The predicted octanol–water partition coefficient (Wildman–Crippen LogP) is 1.82. The van der Waals surface area contributed by atoms with Crippen molar-refractivity contribution in [3.63, 3.8) is 0 Å². The molecule has 3 nitrogen and oxygen atoms in total. The average Bonchev–Trinajstić information content (AvgIpc) is 2.75. The van der Waals surface area contributed by atoms with E-state index in [1.165, 1.54) is 58.7 Å². The second kappa shape index (κ2) is 7.09. The molecule has 0 bridgehead atoms. The van der Waals surface area contributed by atoms with Crippen LogP contribution in [-0.2, 0) is 0 Å². The molecule has 4 heteroatoms. The van der Waals surface area contributed by atoms with Crippen LogP contribution in [0.5, 0.6) is 0 Å². The molecule has 0 aromatic carbocycles. The zero-order valence-electron chi connectivity index (χ0n) is 12.2. The molecule has 1 atom stereocenters. The lowest BCUT2D eigenvalue weighted by molar-refractivity contribution is 0.168. The van der Waals surface area contributed by atoms with Crippen molar-refractivity contribution in [2.24, 2.45) is 5.41 Å². The van der Waals surface area contributed by atoms with E-state index in [0.29, 0.717) is 5.41 Å². The number of hydrogen-bond acceptors (Lipinski definition) is 3. The fraction of sp³-hybridized carbons (Fsp3) is 1.00. The minimum Gasteiger partial charge on any atom is -0.314 e. The molecule has 0 spiro atoms. The molecule has 18 heavy (non-hydrogen) atoms. The van der Waals surface area contributed by atoms with Crippen LogP contribution < -0.4 is 5.32 Å². The normalized spacial score (nSPS) is 27.2. The second-order valence-electron chi connectivity index (χ2n) is 6.84. The predicted molar refractivity (Wildman–Crippen MR) is 80.6 cm³/mol. The number of rotatable bonds is 3. The summed E-state index contributed by atoms with van der Waals surface area (Å²) in [5.74, 6) is 0. The molecule has 0 aromatic heterocycles. The van der Waals surface area contributed by atoms with Gasteiger partial charge >= 0.3 is 0 Å². The Morgan fingerprint density at radius 2 is 1.78 bits per heavy atom. The monoisotopic (exact) mass is 275 g/mol. The van der Waals surface area contributed by atoms with Gasteiger partial charge in [-0.3, -0.25) is 4.90 Å². The van der Waals surface area contributed by atoms with Gasteiger partial charge in [0.2, 0.25) is 0 Å². The highest BCUT2D eigenvalue weighted by Crippen LogP contribution is 2.22. The van der Waals surface area contributed by atoms with Gasteiger partial charge in [-0.15, -0.1) is 12.4 Å². The van der Waals surface area contributed by atoms with Gasteiger partial charge in [-0.25, -0.2) is 0 Å². The van der Waals surface area contributed by atoms with E-state index < -0.39 is 0 Å². The largest absolute Gasteiger partial charge is 0.314 e. The van der Waals surface area contributed by atoms with Crippen molar-refractivity contribution in [2.75, 3.05) is 45.8 Å². The van der Waals surface area contributed by atoms with Crippen LogP contribution in [0.3, 0.4) is 0 Å². The summed E-state index contributed by atoms with van der Waals surface area (Å²) in [7, 11) is 0. The summed E-state index contributed by atoms with van der Waals surface area (Å²) >= 11 is 0. The quantitative estimate of drug-likeness (QED) is 0.848. The number of nitrogens with zero attached hydrogens (tertiary/aromatic N) is 2. The van der Waals surface area contributed by atoms with Crippen LogP contribution in [0.15, 0.2) is 0 Å². The van der Waals surface area contributed by atoms with Gasteiger partial charge in [-0.1, -0.05) is 20.8 Å². The molecule has 2 aliphatic rings. The highest BCUT2D eigenvalue weighted by atomic mass is 35.5. The first-order chi connectivity index (χ1) is 8.04. The second-order valence-corrected chi connectivity index (χ2v) is 6.84. The first kappa shape index (κ1) is 16.2. The van der Waals surface area contributed by atoms with Gasteiger partial charge in [0, 0.05) is 38.8 Å². The van der Waals surface area contributed by atoms with Crippen LogP contribution in [0.2, 0.25) is 0 Å². The number of nitrogens with one attached hydrogen (secondary N) is 1. The van der Waals surface area contributed by atoms with Gasteiger partial charge in [0.1, 0.15) is 0 Å². The van der Waals surface area contributed by atoms with Crippen LogP contribution >= 0.6 is 12.4 Å². The summed E-state index contributed by atoms with van der Waals surface area (Å²) in [4.78, 5) is 5.35. The summed E-state index contributed by atoms with van der Waals surface area (Å²) in [5.41, 5.74) is 0.479. The third-order valence-corrected chi connectivity index (χ3v) is 4.09. The lowest BCUT2D eigenvalue weighted by Gasteiger charge is -2.33. The Labute approximate surface area is 119 Å². The third-order valence-electron chi connectivity index (χ3n) is 4.09. The van der Waals surface area contributed by atoms with Gasteiger partial charge in [-0.2, -0.15) is 0 Å². The van der Waals surface area contributed by atoms with E-state index in [1.807, 2.05) is 0 Å². The SMILES string of the molecule is CC(C)(C)CCN1CCC(N2CCNCC2)C1.Cl. The highest BCUT2D eigenvalue weighted by Gasteiger charge is 2.28. The number of likely N-dealkylation sites (tertiary alicyclic amines) is 1. The summed E-state index contributed by atoms with van der Waals surface area (Å²) in [5, 5.41) is 3.44. The molecule has 1 N–H and O–H groups in total. The van der Waals surface area contributed by atoms with E-state index in [1.54, 1.807) is 0 Å². The van der Waals surface area contributed by atoms with E-state index >= 15 is 0 Å². The van der Waals surface area contributed by atoms with E-state index in [4.69, 9.17) is 0 Å². The Bertz CT molecular complexity index is 234. The number of piperazine rings is 1. The van der Waals surface area contributed by atoms with E-state index in [2.05, 4.69) is 35.9 Å². The van der Waals surface area contributed by atoms with Crippen LogP contribution in [0.4, 0.5) is 0 Å². The molecule has 0 amide bonds. The van der Waals surface area contributed by atoms with Crippen LogP contribution in [0.1, 0.15) is 33.6 Å².